The molecule has 2 atom stereocenters. The zero-order valence-corrected chi connectivity index (χ0v) is 12.5. The first-order valence-electron chi connectivity index (χ1n) is 7.65. The maximum Gasteiger partial charge on any atom is 0.0610 e. The second kappa shape index (κ2) is 8.13. The van der Waals surface area contributed by atoms with Gasteiger partial charge in [0.2, 0.25) is 0 Å². The molecule has 0 radical (unpaired) electrons. The Bertz CT molecular complexity index is 217. The van der Waals surface area contributed by atoms with E-state index >= 15 is 0 Å². The molecule has 0 aromatic rings. The van der Waals surface area contributed by atoms with E-state index in [4.69, 9.17) is 0 Å². The Hall–Kier alpha value is -0.120. The average molecular weight is 256 g/mol. The molecule has 108 valence electrons. The van der Waals surface area contributed by atoms with E-state index in [-0.39, 0.29) is 12.1 Å². The van der Waals surface area contributed by atoms with Crippen LogP contribution in [-0.4, -0.2) is 48.8 Å². The van der Waals surface area contributed by atoms with E-state index in [2.05, 4.69) is 24.1 Å². The number of likely N-dealkylation sites (N-methyl/N-ethyl adjacent to an activating group) is 1. The fourth-order valence-corrected chi connectivity index (χ4v) is 2.82. The van der Waals surface area contributed by atoms with E-state index in [0.717, 1.165) is 12.3 Å². The minimum atomic E-state index is -0.0894. The van der Waals surface area contributed by atoms with Gasteiger partial charge in [0, 0.05) is 12.1 Å². The summed E-state index contributed by atoms with van der Waals surface area (Å²) in [5, 5.41) is 12.5. The van der Waals surface area contributed by atoms with E-state index in [1.807, 2.05) is 7.05 Å². The van der Waals surface area contributed by atoms with Gasteiger partial charge in [-0.25, -0.2) is 0 Å². The number of rotatable bonds is 8. The molecule has 0 aromatic heterocycles. The molecule has 0 aromatic carbocycles. The number of piperidine rings is 1. The molecule has 2 unspecified atom stereocenters. The van der Waals surface area contributed by atoms with E-state index in [0.29, 0.717) is 0 Å². The van der Waals surface area contributed by atoms with Crippen LogP contribution in [0.5, 0.6) is 0 Å². The fraction of sp³-hybridized carbons (Fsp3) is 1.00. The van der Waals surface area contributed by atoms with Gasteiger partial charge in [0.1, 0.15) is 0 Å². The van der Waals surface area contributed by atoms with Crippen LogP contribution in [0.2, 0.25) is 0 Å². The van der Waals surface area contributed by atoms with Crippen molar-refractivity contribution in [1.82, 2.24) is 10.2 Å². The van der Waals surface area contributed by atoms with Crippen molar-refractivity contribution in [2.45, 2.75) is 57.9 Å². The van der Waals surface area contributed by atoms with Crippen molar-refractivity contribution in [3.8, 4) is 0 Å². The Morgan fingerprint density at radius 1 is 1.39 bits per heavy atom. The van der Waals surface area contributed by atoms with Gasteiger partial charge in [-0.3, -0.25) is 0 Å². The first kappa shape index (κ1) is 15.9. The summed E-state index contributed by atoms with van der Waals surface area (Å²) in [4.78, 5) is 2.63. The second-order valence-corrected chi connectivity index (χ2v) is 6.14. The maximum atomic E-state index is 9.33. The van der Waals surface area contributed by atoms with Crippen LogP contribution in [0.4, 0.5) is 0 Å². The predicted octanol–water partition coefficient (Wildman–Crippen LogP) is 2.25. The standard InChI is InChI=1S/C15H32N2O/c1-4-14-8-7-11-17(12-14)10-6-5-9-15(2,13-18)16-3/h14,16,18H,4-13H2,1-3H3. The van der Waals surface area contributed by atoms with Gasteiger partial charge in [-0.15, -0.1) is 0 Å². The average Bonchev–Trinajstić information content (AvgIpc) is 2.43. The van der Waals surface area contributed by atoms with Crippen LogP contribution in [0.15, 0.2) is 0 Å². The number of nitrogens with one attached hydrogen (secondary N) is 1. The van der Waals surface area contributed by atoms with Crippen LogP contribution in [0.25, 0.3) is 0 Å². The van der Waals surface area contributed by atoms with Crippen LogP contribution in [0, 0.1) is 5.92 Å². The zero-order valence-electron chi connectivity index (χ0n) is 12.5. The molecule has 0 spiro atoms. The molecule has 0 amide bonds. The van der Waals surface area contributed by atoms with Crippen LogP contribution < -0.4 is 5.32 Å². The lowest BCUT2D eigenvalue weighted by Gasteiger charge is -2.32. The predicted molar refractivity (Wildman–Crippen MR) is 77.9 cm³/mol. The Morgan fingerprint density at radius 2 is 2.17 bits per heavy atom. The van der Waals surface area contributed by atoms with Crippen molar-refractivity contribution in [2.24, 2.45) is 5.92 Å². The van der Waals surface area contributed by atoms with Gasteiger partial charge in [-0.1, -0.05) is 19.8 Å². The van der Waals surface area contributed by atoms with Crippen molar-refractivity contribution in [1.29, 1.82) is 0 Å². The summed E-state index contributed by atoms with van der Waals surface area (Å²) < 4.78 is 0. The second-order valence-electron chi connectivity index (χ2n) is 6.14. The van der Waals surface area contributed by atoms with Crippen LogP contribution in [0.1, 0.15) is 52.4 Å². The largest absolute Gasteiger partial charge is 0.394 e. The first-order valence-corrected chi connectivity index (χ1v) is 7.65. The highest BCUT2D eigenvalue weighted by Gasteiger charge is 2.21. The molecule has 3 heteroatoms. The minimum Gasteiger partial charge on any atom is -0.394 e. The third kappa shape index (κ3) is 5.25. The van der Waals surface area contributed by atoms with Crippen molar-refractivity contribution < 1.29 is 5.11 Å². The maximum absolute atomic E-state index is 9.33. The molecular formula is C15H32N2O. The number of hydrogen-bond donors (Lipinski definition) is 2. The summed E-state index contributed by atoms with van der Waals surface area (Å²) in [7, 11) is 1.94. The van der Waals surface area contributed by atoms with Gasteiger partial charge < -0.3 is 15.3 Å². The van der Waals surface area contributed by atoms with Gasteiger partial charge in [0.15, 0.2) is 0 Å². The summed E-state index contributed by atoms with van der Waals surface area (Å²) in [5.74, 6) is 0.929. The number of hydrogen-bond acceptors (Lipinski definition) is 3. The Kier molecular flexibility index (Phi) is 7.20. The number of aliphatic hydroxyl groups excluding tert-OH is 1. The summed E-state index contributed by atoms with van der Waals surface area (Å²) in [6, 6.07) is 0. The monoisotopic (exact) mass is 256 g/mol. The summed E-state index contributed by atoms with van der Waals surface area (Å²) in [6.07, 6.45) is 7.65. The fourth-order valence-electron chi connectivity index (χ4n) is 2.82. The van der Waals surface area contributed by atoms with Gasteiger partial charge in [-0.05, 0) is 58.7 Å². The Morgan fingerprint density at radius 3 is 2.78 bits per heavy atom. The molecule has 0 bridgehead atoms. The number of unbranched alkanes of at least 4 members (excludes halogenated alkanes) is 1. The normalized spacial score (nSPS) is 25.0. The number of aliphatic hydroxyl groups is 1. The molecule has 1 rings (SSSR count). The molecule has 2 N–H and O–H groups in total. The molecule has 18 heavy (non-hydrogen) atoms. The van der Waals surface area contributed by atoms with Crippen molar-refractivity contribution in [2.75, 3.05) is 33.3 Å². The highest BCUT2D eigenvalue weighted by atomic mass is 16.3. The summed E-state index contributed by atoms with van der Waals surface area (Å²) in [5.41, 5.74) is -0.0894. The quantitative estimate of drug-likeness (QED) is 0.654. The highest BCUT2D eigenvalue weighted by molar-refractivity contribution is 4.80. The summed E-state index contributed by atoms with van der Waals surface area (Å²) in [6.45, 7) is 8.47. The van der Waals surface area contributed by atoms with Crippen LogP contribution >= 0.6 is 0 Å². The first-order chi connectivity index (χ1) is 8.63. The van der Waals surface area contributed by atoms with Gasteiger partial charge in [0.25, 0.3) is 0 Å². The zero-order chi connectivity index (χ0) is 13.4. The SMILES string of the molecule is CCC1CCCN(CCCCC(C)(CO)NC)C1. The summed E-state index contributed by atoms with van der Waals surface area (Å²) >= 11 is 0. The van der Waals surface area contributed by atoms with Gasteiger partial charge >= 0.3 is 0 Å². The Labute approximate surface area is 113 Å². The van der Waals surface area contributed by atoms with Crippen molar-refractivity contribution in [3.63, 3.8) is 0 Å². The smallest absolute Gasteiger partial charge is 0.0610 e. The van der Waals surface area contributed by atoms with Gasteiger partial charge in [-0.2, -0.15) is 0 Å². The lowest BCUT2D eigenvalue weighted by atomic mass is 9.94. The molecule has 1 saturated heterocycles. The van der Waals surface area contributed by atoms with Gasteiger partial charge in [0.05, 0.1) is 6.61 Å². The molecule has 3 nitrogen and oxygen atoms in total. The van der Waals surface area contributed by atoms with Crippen LogP contribution in [0.3, 0.4) is 0 Å². The van der Waals surface area contributed by atoms with Crippen molar-refractivity contribution >= 4 is 0 Å². The van der Waals surface area contributed by atoms with Crippen LogP contribution in [-0.2, 0) is 0 Å². The number of likely N-dealkylation sites (tertiary alicyclic amines) is 1. The van der Waals surface area contributed by atoms with E-state index < -0.39 is 0 Å². The molecule has 1 aliphatic heterocycles. The van der Waals surface area contributed by atoms with Crippen molar-refractivity contribution in [3.05, 3.63) is 0 Å². The minimum absolute atomic E-state index is 0.0894. The van der Waals surface area contributed by atoms with E-state index in [1.165, 1.54) is 51.7 Å². The third-order valence-corrected chi connectivity index (χ3v) is 4.59. The molecule has 1 heterocycles. The van der Waals surface area contributed by atoms with E-state index in [1.54, 1.807) is 0 Å². The van der Waals surface area contributed by atoms with E-state index in [9.17, 15) is 5.11 Å². The lowest BCUT2D eigenvalue weighted by Crippen LogP contribution is -2.43. The third-order valence-electron chi connectivity index (χ3n) is 4.59. The molecule has 1 aliphatic rings. The number of nitrogens with zero attached hydrogens (tertiary/aromatic N) is 1. The molecular weight excluding hydrogens is 224 g/mol. The molecule has 1 fully saturated rings. The highest BCUT2D eigenvalue weighted by Crippen LogP contribution is 2.20. The lowest BCUT2D eigenvalue weighted by molar-refractivity contribution is 0.155. The molecule has 0 saturated carbocycles. The Balaban J connectivity index is 2.14. The topological polar surface area (TPSA) is 35.5 Å². The molecule has 0 aliphatic carbocycles.